The molecule has 0 bridgehead atoms. The largest absolute Gasteiger partial charge is 0.388 e. The lowest BCUT2D eigenvalue weighted by molar-refractivity contribution is -0.119. The van der Waals surface area contributed by atoms with E-state index < -0.39 is 6.10 Å². The first-order valence-corrected chi connectivity index (χ1v) is 8.11. The second-order valence-corrected chi connectivity index (χ2v) is 6.51. The van der Waals surface area contributed by atoms with Crippen molar-refractivity contribution in [2.45, 2.75) is 31.8 Å². The Morgan fingerprint density at radius 2 is 2.19 bits per heavy atom. The molecule has 0 aliphatic carbocycles. The lowest BCUT2D eigenvalue weighted by Gasteiger charge is -2.13. The van der Waals surface area contributed by atoms with Crippen molar-refractivity contribution in [3.63, 3.8) is 0 Å². The summed E-state index contributed by atoms with van der Waals surface area (Å²) in [6.07, 6.45) is 0.893. The molecule has 0 radical (unpaired) electrons. The van der Waals surface area contributed by atoms with Gasteiger partial charge in [0.05, 0.1) is 12.0 Å². The number of amides is 1. The molecule has 1 aromatic heterocycles. The summed E-state index contributed by atoms with van der Waals surface area (Å²) < 4.78 is 0. The molecule has 1 amide bonds. The Labute approximate surface area is 128 Å². The van der Waals surface area contributed by atoms with Crippen molar-refractivity contribution in [3.05, 3.63) is 51.7 Å². The summed E-state index contributed by atoms with van der Waals surface area (Å²) in [6, 6.07) is 9.92. The van der Waals surface area contributed by atoms with Gasteiger partial charge in [0.25, 0.3) is 0 Å². The molecular weight excluding hydrogens is 282 g/mol. The predicted molar refractivity (Wildman–Crippen MR) is 85.9 cm³/mol. The molecule has 1 aliphatic rings. The maximum Gasteiger partial charge on any atom is 0.234 e. The van der Waals surface area contributed by atoms with E-state index in [0.29, 0.717) is 6.42 Å². The van der Waals surface area contributed by atoms with Gasteiger partial charge >= 0.3 is 0 Å². The molecule has 3 nitrogen and oxygen atoms in total. The highest BCUT2D eigenvalue weighted by atomic mass is 32.1. The van der Waals surface area contributed by atoms with Gasteiger partial charge in [-0.3, -0.25) is 4.79 Å². The van der Waals surface area contributed by atoms with Crippen LogP contribution >= 0.6 is 11.3 Å². The highest BCUT2D eigenvalue weighted by Crippen LogP contribution is 2.39. The third-order valence-corrected chi connectivity index (χ3v) is 5.08. The van der Waals surface area contributed by atoms with Gasteiger partial charge in [0.2, 0.25) is 5.91 Å². The summed E-state index contributed by atoms with van der Waals surface area (Å²) in [4.78, 5) is 15.1. The van der Waals surface area contributed by atoms with Gasteiger partial charge in [-0.2, -0.15) is 0 Å². The third-order valence-electron chi connectivity index (χ3n) is 4.18. The third kappa shape index (κ3) is 2.49. The number of carbonyl (C=O) groups is 1. The van der Waals surface area contributed by atoms with E-state index >= 15 is 0 Å². The number of hydrogen-bond acceptors (Lipinski definition) is 3. The molecule has 1 N–H and O–H groups in total. The maximum absolute atomic E-state index is 12.2. The molecule has 2 heterocycles. The Morgan fingerprint density at radius 1 is 1.38 bits per heavy atom. The average Bonchev–Trinajstić information content (AvgIpc) is 3.07. The molecule has 0 spiro atoms. The predicted octanol–water partition coefficient (Wildman–Crippen LogP) is 3.49. The van der Waals surface area contributed by atoms with Crippen LogP contribution in [0.3, 0.4) is 0 Å². The Balaban J connectivity index is 1.89. The molecule has 4 heteroatoms. The first-order chi connectivity index (χ1) is 10.1. The first-order valence-electron chi connectivity index (χ1n) is 7.23. The van der Waals surface area contributed by atoms with Crippen LogP contribution in [0.4, 0.5) is 5.69 Å². The number of hydrogen-bond donors (Lipinski definition) is 1. The minimum Gasteiger partial charge on any atom is -0.388 e. The summed E-state index contributed by atoms with van der Waals surface area (Å²) in [5, 5.41) is 12.4. The minimum absolute atomic E-state index is 0.0705. The molecule has 0 saturated heterocycles. The van der Waals surface area contributed by atoms with Gasteiger partial charge in [-0.05, 0) is 35.1 Å². The van der Waals surface area contributed by atoms with E-state index in [2.05, 4.69) is 0 Å². The number of fused-ring (bicyclic) bond motifs is 1. The monoisotopic (exact) mass is 301 g/mol. The van der Waals surface area contributed by atoms with Crippen LogP contribution in [0.1, 0.15) is 41.4 Å². The van der Waals surface area contributed by atoms with Crippen molar-refractivity contribution in [2.24, 2.45) is 0 Å². The quantitative estimate of drug-likeness (QED) is 0.939. The van der Waals surface area contributed by atoms with Crippen LogP contribution in [-0.4, -0.2) is 18.1 Å². The van der Waals surface area contributed by atoms with Crippen molar-refractivity contribution in [1.29, 1.82) is 0 Å². The van der Waals surface area contributed by atoms with Crippen molar-refractivity contribution >= 4 is 22.9 Å². The van der Waals surface area contributed by atoms with E-state index in [9.17, 15) is 9.90 Å². The normalized spacial score (nSPS) is 18.9. The van der Waals surface area contributed by atoms with Crippen LogP contribution < -0.4 is 4.90 Å². The number of aliphatic hydroxyl groups excluding tert-OH is 1. The molecule has 2 unspecified atom stereocenters. The van der Waals surface area contributed by atoms with E-state index in [1.165, 1.54) is 4.88 Å². The number of benzene rings is 1. The van der Waals surface area contributed by atoms with Crippen LogP contribution in [0.2, 0.25) is 0 Å². The van der Waals surface area contributed by atoms with Gasteiger partial charge in [0.1, 0.15) is 0 Å². The van der Waals surface area contributed by atoms with Crippen LogP contribution in [0.5, 0.6) is 0 Å². The van der Waals surface area contributed by atoms with E-state index in [0.717, 1.165) is 23.2 Å². The molecule has 2 atom stereocenters. The maximum atomic E-state index is 12.2. The van der Waals surface area contributed by atoms with E-state index in [-0.39, 0.29) is 11.8 Å². The lowest BCUT2D eigenvalue weighted by atomic mass is 9.94. The van der Waals surface area contributed by atoms with Crippen LogP contribution in [0.25, 0.3) is 0 Å². The Morgan fingerprint density at radius 3 is 2.86 bits per heavy atom. The highest BCUT2D eigenvalue weighted by molar-refractivity contribution is 7.09. The van der Waals surface area contributed by atoms with Crippen molar-refractivity contribution < 1.29 is 9.90 Å². The molecule has 110 valence electrons. The number of likely N-dealkylation sites (N-methyl/N-ethyl adjacent to an activating group) is 1. The van der Waals surface area contributed by atoms with Gasteiger partial charge in [-0.25, -0.2) is 0 Å². The summed E-state index contributed by atoms with van der Waals surface area (Å²) in [6.45, 7) is 2.03. The summed E-state index contributed by atoms with van der Waals surface area (Å²) in [7, 11) is 1.82. The molecule has 0 saturated carbocycles. The average molecular weight is 301 g/mol. The van der Waals surface area contributed by atoms with Gasteiger partial charge < -0.3 is 10.0 Å². The zero-order valence-corrected chi connectivity index (χ0v) is 13.1. The zero-order valence-electron chi connectivity index (χ0n) is 12.2. The Kier molecular flexibility index (Phi) is 3.83. The second-order valence-electron chi connectivity index (χ2n) is 5.48. The topological polar surface area (TPSA) is 40.5 Å². The van der Waals surface area contributed by atoms with Gasteiger partial charge in [-0.15, -0.1) is 11.3 Å². The number of rotatable bonds is 4. The summed E-state index contributed by atoms with van der Waals surface area (Å²) in [5.74, 6) is 0.0799. The van der Waals surface area contributed by atoms with E-state index in [4.69, 9.17) is 0 Å². The van der Waals surface area contributed by atoms with Gasteiger partial charge in [0.15, 0.2) is 0 Å². The fourth-order valence-electron chi connectivity index (χ4n) is 2.98. The second kappa shape index (κ2) is 5.62. The van der Waals surface area contributed by atoms with Crippen molar-refractivity contribution in [2.75, 3.05) is 11.9 Å². The highest BCUT2D eigenvalue weighted by Gasteiger charge is 2.34. The SMILES string of the molecule is CCC1C(=O)N(C)c2ccc(C(O)Cc3cccs3)cc21. The lowest BCUT2D eigenvalue weighted by Crippen LogP contribution is -2.23. The molecule has 1 aliphatic heterocycles. The number of anilines is 1. The Hall–Kier alpha value is -1.65. The van der Waals surface area contributed by atoms with Gasteiger partial charge in [0, 0.05) is 24.0 Å². The van der Waals surface area contributed by atoms with Gasteiger partial charge in [-0.1, -0.05) is 25.1 Å². The fraction of sp³-hybridized carbons (Fsp3) is 0.353. The minimum atomic E-state index is -0.521. The van der Waals surface area contributed by atoms with Crippen molar-refractivity contribution in [1.82, 2.24) is 0 Å². The molecule has 3 rings (SSSR count). The molecule has 1 aromatic carbocycles. The van der Waals surface area contributed by atoms with E-state index in [1.807, 2.05) is 49.7 Å². The number of thiophene rings is 1. The Bertz CT molecular complexity index is 651. The number of aliphatic hydroxyl groups is 1. The molecule has 21 heavy (non-hydrogen) atoms. The summed E-state index contributed by atoms with van der Waals surface area (Å²) >= 11 is 1.65. The zero-order chi connectivity index (χ0) is 15.0. The molecule has 2 aromatic rings. The fourth-order valence-corrected chi connectivity index (χ4v) is 3.73. The summed E-state index contributed by atoms with van der Waals surface area (Å²) in [5.41, 5.74) is 2.91. The number of carbonyl (C=O) groups excluding carboxylic acids is 1. The van der Waals surface area contributed by atoms with Crippen LogP contribution in [0.15, 0.2) is 35.7 Å². The molecular formula is C17H19NO2S. The number of nitrogens with zero attached hydrogens (tertiary/aromatic N) is 1. The standard InChI is InChI=1S/C17H19NO2S/c1-3-13-14-9-11(6-7-15(14)18(2)17(13)20)16(19)10-12-5-4-8-21-12/h4-9,13,16,19H,3,10H2,1-2H3. The molecule has 0 fully saturated rings. The van der Waals surface area contributed by atoms with Crippen LogP contribution in [-0.2, 0) is 11.2 Å². The smallest absolute Gasteiger partial charge is 0.234 e. The first kappa shape index (κ1) is 14.3. The van der Waals surface area contributed by atoms with Crippen LogP contribution in [0, 0.1) is 0 Å². The van der Waals surface area contributed by atoms with E-state index in [1.54, 1.807) is 16.2 Å². The van der Waals surface area contributed by atoms with Crippen molar-refractivity contribution in [3.8, 4) is 0 Å².